The molecule has 0 saturated heterocycles. The zero-order chi connectivity index (χ0) is 13.1. The van der Waals surface area contributed by atoms with Gasteiger partial charge >= 0.3 is 0 Å². The van der Waals surface area contributed by atoms with E-state index in [1.807, 2.05) is 0 Å². The topological polar surface area (TPSA) is 45.8 Å². The van der Waals surface area contributed by atoms with E-state index in [9.17, 15) is 4.79 Å². The average Bonchev–Trinajstić information content (AvgIpc) is 2.77. The minimum absolute atomic E-state index is 0.0377. The molecule has 0 aliphatic rings. The molecule has 1 heterocycles. The van der Waals surface area contributed by atoms with Gasteiger partial charge in [0.05, 0.1) is 10.7 Å². The number of benzene rings is 1. The molecule has 0 atom stereocenters. The second-order valence-electron chi connectivity index (χ2n) is 3.78. The normalized spacial score (nSPS) is 10.6. The summed E-state index contributed by atoms with van der Waals surface area (Å²) in [5.74, 6) is 0.256. The van der Waals surface area contributed by atoms with Crippen molar-refractivity contribution in [3.8, 4) is 11.3 Å². The number of halogens is 2. The largest absolute Gasteiger partial charge is 0.298 e. The van der Waals surface area contributed by atoms with Crippen molar-refractivity contribution in [1.82, 2.24) is 10.2 Å². The molecule has 0 radical (unpaired) electrons. The Morgan fingerprint density at radius 2 is 2.11 bits per heavy atom. The SMILES string of the molecule is O=C(CS)Cc1cc(-c2ccc(Cl)cc2Cl)n[nH]1. The Balaban J connectivity index is 2.26. The lowest BCUT2D eigenvalue weighted by molar-refractivity contribution is -0.116. The van der Waals surface area contributed by atoms with Gasteiger partial charge < -0.3 is 0 Å². The predicted molar refractivity (Wildman–Crippen MR) is 76.6 cm³/mol. The van der Waals surface area contributed by atoms with E-state index in [1.54, 1.807) is 24.3 Å². The number of thiol groups is 1. The van der Waals surface area contributed by atoms with Crippen molar-refractivity contribution < 1.29 is 4.79 Å². The molecule has 0 saturated carbocycles. The Labute approximate surface area is 120 Å². The smallest absolute Gasteiger partial charge is 0.148 e. The van der Waals surface area contributed by atoms with Crippen LogP contribution < -0.4 is 0 Å². The molecule has 0 fully saturated rings. The van der Waals surface area contributed by atoms with Gasteiger partial charge in [0.25, 0.3) is 0 Å². The molecule has 6 heteroatoms. The van der Waals surface area contributed by atoms with Gasteiger partial charge in [0.1, 0.15) is 5.78 Å². The molecule has 1 N–H and O–H groups in total. The van der Waals surface area contributed by atoms with Gasteiger partial charge in [0.15, 0.2) is 0 Å². The van der Waals surface area contributed by atoms with Gasteiger partial charge in [-0.05, 0) is 24.3 Å². The van der Waals surface area contributed by atoms with E-state index < -0.39 is 0 Å². The van der Waals surface area contributed by atoms with E-state index in [1.165, 1.54) is 0 Å². The maximum Gasteiger partial charge on any atom is 0.148 e. The summed E-state index contributed by atoms with van der Waals surface area (Å²) < 4.78 is 0. The van der Waals surface area contributed by atoms with Gasteiger partial charge in [-0.3, -0.25) is 9.89 Å². The van der Waals surface area contributed by atoms with Crippen molar-refractivity contribution in [2.45, 2.75) is 6.42 Å². The molecule has 0 bridgehead atoms. The quantitative estimate of drug-likeness (QED) is 0.850. The summed E-state index contributed by atoms with van der Waals surface area (Å²) in [4.78, 5) is 11.3. The van der Waals surface area contributed by atoms with Crippen molar-refractivity contribution in [1.29, 1.82) is 0 Å². The van der Waals surface area contributed by atoms with Gasteiger partial charge in [0, 0.05) is 28.5 Å². The Morgan fingerprint density at radius 1 is 1.33 bits per heavy atom. The standard InChI is InChI=1S/C12H10Cl2N2OS/c13-7-1-2-10(11(14)3-7)12-5-8(15-16-12)4-9(17)6-18/h1-3,5,18H,4,6H2,(H,15,16). The molecule has 0 spiro atoms. The van der Waals surface area contributed by atoms with Crippen LogP contribution in [0.5, 0.6) is 0 Å². The van der Waals surface area contributed by atoms with Crippen molar-refractivity contribution in [2.75, 3.05) is 5.75 Å². The third-order valence-electron chi connectivity index (χ3n) is 2.40. The third kappa shape index (κ3) is 3.07. The highest BCUT2D eigenvalue weighted by Crippen LogP contribution is 2.29. The fourth-order valence-electron chi connectivity index (χ4n) is 1.56. The maximum atomic E-state index is 11.3. The molecule has 3 nitrogen and oxygen atoms in total. The number of nitrogens with zero attached hydrogens (tertiary/aromatic N) is 1. The summed E-state index contributed by atoms with van der Waals surface area (Å²) in [6.07, 6.45) is 0.293. The predicted octanol–water partition coefficient (Wildman–Crippen LogP) is 3.42. The molecular formula is C12H10Cl2N2OS. The van der Waals surface area contributed by atoms with Crippen LogP contribution in [-0.4, -0.2) is 21.7 Å². The van der Waals surface area contributed by atoms with E-state index >= 15 is 0 Å². The van der Waals surface area contributed by atoms with Crippen LogP contribution in [0.2, 0.25) is 10.0 Å². The van der Waals surface area contributed by atoms with E-state index in [4.69, 9.17) is 23.2 Å². The molecular weight excluding hydrogens is 291 g/mol. The number of carbonyl (C=O) groups is 1. The van der Waals surface area contributed by atoms with Crippen LogP contribution >= 0.6 is 35.8 Å². The number of hydrogen-bond acceptors (Lipinski definition) is 3. The Bertz CT molecular complexity index is 583. The molecule has 18 heavy (non-hydrogen) atoms. The molecule has 0 aliphatic heterocycles. The van der Waals surface area contributed by atoms with E-state index in [2.05, 4.69) is 22.8 Å². The van der Waals surface area contributed by atoms with Crippen LogP contribution in [0.25, 0.3) is 11.3 Å². The van der Waals surface area contributed by atoms with Crippen LogP contribution in [0, 0.1) is 0 Å². The number of rotatable bonds is 4. The number of ketones is 1. The van der Waals surface area contributed by atoms with Crippen LogP contribution in [0.1, 0.15) is 5.69 Å². The van der Waals surface area contributed by atoms with Crippen molar-refractivity contribution in [3.63, 3.8) is 0 Å². The lowest BCUT2D eigenvalue weighted by Gasteiger charge is -2.00. The van der Waals surface area contributed by atoms with Crippen LogP contribution in [0.15, 0.2) is 24.3 Å². The number of aromatic amines is 1. The summed E-state index contributed by atoms with van der Waals surface area (Å²) in [5.41, 5.74) is 2.22. The lowest BCUT2D eigenvalue weighted by Crippen LogP contribution is -2.03. The van der Waals surface area contributed by atoms with Crippen molar-refractivity contribution >= 4 is 41.6 Å². The second-order valence-corrected chi connectivity index (χ2v) is 4.94. The molecule has 2 rings (SSSR count). The van der Waals surface area contributed by atoms with Crippen molar-refractivity contribution in [3.05, 3.63) is 40.0 Å². The zero-order valence-corrected chi connectivity index (χ0v) is 11.7. The molecule has 0 unspecified atom stereocenters. The molecule has 0 aliphatic carbocycles. The Hall–Kier alpha value is -0.970. The minimum atomic E-state index is 0.0377. The Kier molecular flexibility index (Phi) is 4.32. The number of hydrogen-bond donors (Lipinski definition) is 2. The fourth-order valence-corrected chi connectivity index (χ4v) is 2.17. The number of Topliss-reactive ketones (excluding diaryl/α,β-unsaturated/α-hetero) is 1. The summed E-state index contributed by atoms with van der Waals surface area (Å²) >= 11 is 15.9. The number of H-pyrrole nitrogens is 1. The highest BCUT2D eigenvalue weighted by Gasteiger charge is 2.10. The summed E-state index contributed by atoms with van der Waals surface area (Å²) in [5, 5.41) is 8.05. The summed E-state index contributed by atoms with van der Waals surface area (Å²) in [7, 11) is 0. The molecule has 2 aromatic rings. The first kappa shape index (κ1) is 13.5. The van der Waals surface area contributed by atoms with Crippen molar-refractivity contribution in [2.24, 2.45) is 0 Å². The van der Waals surface area contributed by atoms with E-state index in [0.29, 0.717) is 22.2 Å². The lowest BCUT2D eigenvalue weighted by atomic mass is 10.1. The van der Waals surface area contributed by atoms with Crippen LogP contribution in [-0.2, 0) is 11.2 Å². The highest BCUT2D eigenvalue weighted by molar-refractivity contribution is 7.81. The first-order valence-corrected chi connectivity index (χ1v) is 6.61. The third-order valence-corrected chi connectivity index (χ3v) is 3.30. The van der Waals surface area contributed by atoms with Gasteiger partial charge in [-0.25, -0.2) is 0 Å². The van der Waals surface area contributed by atoms with E-state index in [-0.39, 0.29) is 11.5 Å². The second kappa shape index (κ2) is 5.78. The first-order valence-electron chi connectivity index (χ1n) is 5.22. The maximum absolute atomic E-state index is 11.3. The Morgan fingerprint density at radius 3 is 2.78 bits per heavy atom. The molecule has 1 aromatic heterocycles. The van der Waals surface area contributed by atoms with Gasteiger partial charge in [-0.15, -0.1) is 0 Å². The highest BCUT2D eigenvalue weighted by atomic mass is 35.5. The van der Waals surface area contributed by atoms with Gasteiger partial charge in [-0.2, -0.15) is 17.7 Å². The summed E-state index contributed by atoms with van der Waals surface area (Å²) in [6.45, 7) is 0. The number of aromatic nitrogens is 2. The number of nitrogens with one attached hydrogen (secondary N) is 1. The van der Waals surface area contributed by atoms with E-state index in [0.717, 1.165) is 11.3 Å². The number of carbonyl (C=O) groups excluding carboxylic acids is 1. The average molecular weight is 301 g/mol. The fraction of sp³-hybridized carbons (Fsp3) is 0.167. The zero-order valence-electron chi connectivity index (χ0n) is 9.28. The van der Waals surface area contributed by atoms with Crippen LogP contribution in [0.3, 0.4) is 0 Å². The summed E-state index contributed by atoms with van der Waals surface area (Å²) in [6, 6.07) is 7.00. The molecule has 94 valence electrons. The molecule has 1 aromatic carbocycles. The molecule has 0 amide bonds. The monoisotopic (exact) mass is 300 g/mol. The first-order chi connectivity index (χ1) is 8.60. The van der Waals surface area contributed by atoms with Gasteiger partial charge in [-0.1, -0.05) is 23.2 Å². The van der Waals surface area contributed by atoms with Gasteiger partial charge in [0.2, 0.25) is 0 Å². The minimum Gasteiger partial charge on any atom is -0.298 e. The van der Waals surface area contributed by atoms with Crippen LogP contribution in [0.4, 0.5) is 0 Å².